The number of nitrogens with one attached hydrogen (secondary N) is 2. The van der Waals surface area contributed by atoms with Crippen molar-refractivity contribution in [1.29, 1.82) is 0 Å². The second-order valence-corrected chi connectivity index (χ2v) is 7.61. The van der Waals surface area contributed by atoms with E-state index >= 15 is 0 Å². The van der Waals surface area contributed by atoms with Crippen molar-refractivity contribution in [3.63, 3.8) is 0 Å². The fraction of sp³-hybridized carbons (Fsp3) is 0.824. The molecule has 0 aromatic heterocycles. The van der Waals surface area contributed by atoms with Gasteiger partial charge in [-0.3, -0.25) is 4.79 Å². The lowest BCUT2D eigenvalue weighted by Crippen LogP contribution is -2.45. The van der Waals surface area contributed by atoms with Gasteiger partial charge in [-0.2, -0.15) is 0 Å². The average Bonchev–Trinajstić information content (AvgIpc) is 2.88. The van der Waals surface area contributed by atoms with E-state index in [2.05, 4.69) is 22.5 Å². The molecule has 5 aliphatic rings. The summed E-state index contributed by atoms with van der Waals surface area (Å²) in [5.41, 5.74) is 0.194. The third kappa shape index (κ3) is 2.35. The average molecular weight is 272 g/mol. The van der Waals surface area contributed by atoms with Crippen LogP contribution in [0.5, 0.6) is 0 Å². The van der Waals surface area contributed by atoms with Crippen molar-refractivity contribution in [2.24, 2.45) is 23.2 Å². The molecule has 2 N–H and O–H groups in total. The predicted molar refractivity (Wildman–Crippen MR) is 77.8 cm³/mol. The highest BCUT2D eigenvalue weighted by molar-refractivity contribution is 5.93. The minimum absolute atomic E-state index is 0.0607. The van der Waals surface area contributed by atoms with E-state index in [1.165, 1.54) is 38.5 Å². The van der Waals surface area contributed by atoms with Gasteiger partial charge in [0.15, 0.2) is 0 Å². The summed E-state index contributed by atoms with van der Waals surface area (Å²) in [5.74, 6) is 9.00. The van der Waals surface area contributed by atoms with Crippen LogP contribution in [0.4, 0.5) is 0 Å². The Hall–Kier alpha value is -1.01. The summed E-state index contributed by atoms with van der Waals surface area (Å²) < 4.78 is 0. The molecule has 108 valence electrons. The molecule has 0 spiro atoms. The molecule has 4 bridgehead atoms. The van der Waals surface area contributed by atoms with Crippen LogP contribution in [0, 0.1) is 35.0 Å². The van der Waals surface area contributed by atoms with E-state index in [0.29, 0.717) is 0 Å². The lowest BCUT2D eigenvalue weighted by Gasteiger charge is -2.54. The van der Waals surface area contributed by atoms with Crippen LogP contribution in [0.25, 0.3) is 0 Å². The molecule has 4 saturated carbocycles. The van der Waals surface area contributed by atoms with Crippen LogP contribution < -0.4 is 10.6 Å². The van der Waals surface area contributed by atoms with E-state index in [4.69, 9.17) is 0 Å². The third-order valence-electron chi connectivity index (χ3n) is 5.87. The highest BCUT2D eigenvalue weighted by Gasteiger charge is 2.50. The second kappa shape index (κ2) is 4.77. The van der Waals surface area contributed by atoms with Gasteiger partial charge in [0.2, 0.25) is 0 Å². The fourth-order valence-electron chi connectivity index (χ4n) is 5.45. The van der Waals surface area contributed by atoms with Crippen LogP contribution in [0.2, 0.25) is 0 Å². The van der Waals surface area contributed by atoms with Gasteiger partial charge in [-0.25, -0.2) is 0 Å². The SMILES string of the molecule is O=C(C#CC12CC3CC(CC(C3)C1)C2)NC1CCNC1. The second-order valence-electron chi connectivity index (χ2n) is 7.61. The zero-order valence-electron chi connectivity index (χ0n) is 12.1. The van der Waals surface area contributed by atoms with Gasteiger partial charge in [0.25, 0.3) is 5.91 Å². The molecule has 1 aliphatic heterocycles. The molecule has 5 fully saturated rings. The molecule has 0 aromatic carbocycles. The first-order valence-electron chi connectivity index (χ1n) is 8.25. The minimum atomic E-state index is -0.0607. The van der Waals surface area contributed by atoms with Crippen molar-refractivity contribution in [2.75, 3.05) is 13.1 Å². The molecule has 3 heteroatoms. The molecule has 1 heterocycles. The monoisotopic (exact) mass is 272 g/mol. The molecular formula is C17H24N2O. The smallest absolute Gasteiger partial charge is 0.296 e. The number of carbonyl (C=O) groups excluding carboxylic acids is 1. The predicted octanol–water partition coefficient (Wildman–Crippen LogP) is 1.68. The first-order chi connectivity index (χ1) is 9.71. The Labute approximate surface area is 121 Å². The molecular weight excluding hydrogens is 248 g/mol. The van der Waals surface area contributed by atoms with Gasteiger partial charge in [-0.05, 0) is 75.2 Å². The highest BCUT2D eigenvalue weighted by atomic mass is 16.1. The highest BCUT2D eigenvalue weighted by Crippen LogP contribution is 2.59. The normalized spacial score (nSPS) is 45.0. The van der Waals surface area contributed by atoms with E-state index in [1.54, 1.807) is 0 Å². The summed E-state index contributed by atoms with van der Waals surface area (Å²) in [6, 6.07) is 0.285. The van der Waals surface area contributed by atoms with Crippen LogP contribution in [0.1, 0.15) is 44.9 Å². The van der Waals surface area contributed by atoms with Gasteiger partial charge in [0.1, 0.15) is 0 Å². The van der Waals surface area contributed by atoms with Crippen molar-refractivity contribution >= 4 is 5.91 Å². The molecule has 3 nitrogen and oxygen atoms in total. The maximum atomic E-state index is 12.0. The van der Waals surface area contributed by atoms with Crippen LogP contribution in [0.15, 0.2) is 0 Å². The molecule has 1 unspecified atom stereocenters. The van der Waals surface area contributed by atoms with Crippen molar-refractivity contribution in [3.05, 3.63) is 0 Å². The molecule has 4 aliphatic carbocycles. The minimum Gasteiger partial charge on any atom is -0.341 e. The van der Waals surface area contributed by atoms with Crippen LogP contribution in [0.3, 0.4) is 0 Å². The van der Waals surface area contributed by atoms with E-state index in [9.17, 15) is 4.79 Å². The van der Waals surface area contributed by atoms with Crippen molar-refractivity contribution < 1.29 is 4.79 Å². The standard InChI is InChI=1S/C17H24N2O/c20-16(19-15-2-4-18-11-15)1-3-17-8-12-5-13(9-17)7-14(6-12)10-17/h12-15,18H,2,4-11H2,(H,19,20). The van der Waals surface area contributed by atoms with Crippen molar-refractivity contribution in [3.8, 4) is 11.8 Å². The molecule has 0 aromatic rings. The van der Waals surface area contributed by atoms with Crippen LogP contribution >= 0.6 is 0 Å². The number of hydrogen-bond acceptors (Lipinski definition) is 2. The Balaban J connectivity index is 1.43. The van der Waals surface area contributed by atoms with E-state index in [0.717, 1.165) is 37.3 Å². The van der Waals surface area contributed by atoms with E-state index in [-0.39, 0.29) is 17.4 Å². The number of hydrogen-bond donors (Lipinski definition) is 2. The third-order valence-corrected chi connectivity index (χ3v) is 5.87. The van der Waals surface area contributed by atoms with E-state index < -0.39 is 0 Å². The molecule has 1 atom stereocenters. The van der Waals surface area contributed by atoms with Gasteiger partial charge in [-0.15, -0.1) is 0 Å². The zero-order chi connectivity index (χ0) is 13.6. The molecule has 5 rings (SSSR count). The number of carbonyl (C=O) groups is 1. The van der Waals surface area contributed by atoms with E-state index in [1.807, 2.05) is 0 Å². The topological polar surface area (TPSA) is 41.1 Å². The van der Waals surface area contributed by atoms with Crippen molar-refractivity contribution in [1.82, 2.24) is 10.6 Å². The Morgan fingerprint density at radius 1 is 1.10 bits per heavy atom. The fourth-order valence-corrected chi connectivity index (χ4v) is 5.45. The summed E-state index contributed by atoms with van der Waals surface area (Å²) in [7, 11) is 0. The quantitative estimate of drug-likeness (QED) is 0.713. The number of amides is 1. The maximum absolute atomic E-state index is 12.0. The van der Waals surface area contributed by atoms with Gasteiger partial charge in [0, 0.05) is 18.0 Å². The first kappa shape index (κ1) is 12.7. The first-order valence-corrected chi connectivity index (χ1v) is 8.25. The summed E-state index contributed by atoms with van der Waals surface area (Å²) >= 11 is 0. The Bertz CT molecular complexity index is 432. The zero-order valence-corrected chi connectivity index (χ0v) is 12.1. The lowest BCUT2D eigenvalue weighted by molar-refractivity contribution is -0.116. The molecule has 1 amide bonds. The Morgan fingerprint density at radius 2 is 1.75 bits per heavy atom. The van der Waals surface area contributed by atoms with Gasteiger partial charge >= 0.3 is 0 Å². The van der Waals surface area contributed by atoms with Gasteiger partial charge in [-0.1, -0.05) is 5.92 Å². The molecule has 20 heavy (non-hydrogen) atoms. The summed E-state index contributed by atoms with van der Waals surface area (Å²) in [6.45, 7) is 1.90. The van der Waals surface area contributed by atoms with Crippen molar-refractivity contribution in [2.45, 2.75) is 51.0 Å². The van der Waals surface area contributed by atoms with Gasteiger partial charge in [0.05, 0.1) is 0 Å². The summed E-state index contributed by atoms with van der Waals surface area (Å²) in [6.07, 6.45) is 9.09. The summed E-state index contributed by atoms with van der Waals surface area (Å²) in [5, 5.41) is 6.30. The maximum Gasteiger partial charge on any atom is 0.296 e. The lowest BCUT2D eigenvalue weighted by atomic mass is 9.50. The largest absolute Gasteiger partial charge is 0.341 e. The summed E-state index contributed by atoms with van der Waals surface area (Å²) in [4.78, 5) is 12.0. The molecule has 0 radical (unpaired) electrons. The number of rotatable bonds is 1. The molecule has 1 saturated heterocycles. The van der Waals surface area contributed by atoms with Gasteiger partial charge < -0.3 is 10.6 Å². The Kier molecular flexibility index (Phi) is 3.03. The Morgan fingerprint density at radius 3 is 2.30 bits per heavy atom. The van der Waals surface area contributed by atoms with Crippen LogP contribution in [-0.2, 0) is 4.79 Å². The van der Waals surface area contributed by atoms with Crippen LogP contribution in [-0.4, -0.2) is 25.0 Å².